The topological polar surface area (TPSA) is 212 Å². The molecule has 0 saturated carbocycles. The Kier molecular flexibility index (Phi) is 21.5. The summed E-state index contributed by atoms with van der Waals surface area (Å²) in [6, 6.07) is -0.374. The van der Waals surface area contributed by atoms with Gasteiger partial charge in [-0.3, -0.25) is 24.2 Å². The van der Waals surface area contributed by atoms with Gasteiger partial charge in [0.15, 0.2) is 0 Å². The van der Waals surface area contributed by atoms with Crippen LogP contribution in [0.4, 0.5) is 4.39 Å². The Labute approximate surface area is 347 Å². The number of rotatable bonds is 23. The molecule has 6 N–H and O–H groups in total. The van der Waals surface area contributed by atoms with Gasteiger partial charge in [-0.2, -0.15) is 0 Å². The number of hydrogen-bond donors (Lipinski definition) is 6. The smallest absolute Gasteiger partial charge is 0.330 e. The van der Waals surface area contributed by atoms with Crippen LogP contribution in [0.5, 0.6) is 5.75 Å². The van der Waals surface area contributed by atoms with Crippen LogP contribution in [-0.2, 0) is 39.9 Å². The summed E-state index contributed by atoms with van der Waals surface area (Å²) in [6.07, 6.45) is 13.5. The van der Waals surface area contributed by atoms with Gasteiger partial charge in [0.2, 0.25) is 11.8 Å². The van der Waals surface area contributed by atoms with E-state index in [-0.39, 0.29) is 49.7 Å². The molecule has 1 aliphatic heterocycles. The van der Waals surface area contributed by atoms with Crippen LogP contribution >= 0.6 is 0 Å². The van der Waals surface area contributed by atoms with Crippen LogP contribution in [0.2, 0.25) is 0 Å². The van der Waals surface area contributed by atoms with Gasteiger partial charge in [-0.25, -0.2) is 14.6 Å². The SMILES string of the molecule is CC(=O)CC[C@@H](C(=O)N[C@H](C(=O)NC(Cc1cc(O)cc(F)c1)C(=O)N1CCCC(C(=O)O)N1)C(C)C)[C@H](O)[C@@H](C)C/C=C/C=C/CC/C(C)=C/C=C/C(=O)OC(C)C. The number of carboxylic acids is 1. The van der Waals surface area contributed by atoms with Gasteiger partial charge < -0.3 is 35.5 Å². The van der Waals surface area contributed by atoms with Crippen LogP contribution in [0, 0.1) is 23.6 Å². The van der Waals surface area contributed by atoms with Gasteiger partial charge in [0.25, 0.3) is 5.91 Å². The second-order valence-electron chi connectivity index (χ2n) is 15.8. The molecule has 2 rings (SSSR count). The molecule has 1 aromatic rings. The number of aliphatic hydroxyl groups is 1. The number of carbonyl (C=O) groups excluding carboxylic acids is 5. The number of ketones is 1. The highest BCUT2D eigenvalue weighted by Gasteiger charge is 2.37. The number of esters is 1. The number of carboxylic acid groups (broad SMARTS) is 1. The fraction of sp³-hybridized carbons (Fsp3) is 0.545. The van der Waals surface area contributed by atoms with Crippen molar-refractivity contribution in [2.24, 2.45) is 17.8 Å². The van der Waals surface area contributed by atoms with Gasteiger partial charge >= 0.3 is 11.9 Å². The first-order valence-electron chi connectivity index (χ1n) is 20.2. The summed E-state index contributed by atoms with van der Waals surface area (Å²) < 4.78 is 19.3. The molecule has 59 heavy (non-hydrogen) atoms. The number of aliphatic hydroxyl groups excluding tert-OH is 1. The Bertz CT molecular complexity index is 1700. The number of allylic oxidation sites excluding steroid dienone is 7. The molecule has 1 fully saturated rings. The molecule has 0 aliphatic carbocycles. The van der Waals surface area contributed by atoms with Gasteiger partial charge in [0, 0.05) is 31.5 Å². The third kappa shape index (κ3) is 18.5. The molecule has 1 saturated heterocycles. The van der Waals surface area contributed by atoms with Crippen molar-refractivity contribution in [1.82, 2.24) is 21.1 Å². The first kappa shape index (κ1) is 50.0. The summed E-state index contributed by atoms with van der Waals surface area (Å²) in [4.78, 5) is 76.9. The zero-order chi connectivity index (χ0) is 44.2. The molecule has 3 amide bonds. The number of benzene rings is 1. The number of hydrazine groups is 1. The third-order valence-electron chi connectivity index (χ3n) is 9.69. The number of ether oxygens (including phenoxy) is 1. The van der Waals surface area contributed by atoms with E-state index in [0.717, 1.165) is 35.6 Å². The van der Waals surface area contributed by atoms with E-state index in [9.17, 15) is 48.5 Å². The number of halogens is 1. The molecule has 0 radical (unpaired) electrons. The fourth-order valence-electron chi connectivity index (χ4n) is 6.41. The number of nitrogens with zero attached hydrogens (tertiary/aromatic N) is 1. The van der Waals surface area contributed by atoms with Gasteiger partial charge in [-0.1, -0.05) is 62.8 Å². The highest BCUT2D eigenvalue weighted by atomic mass is 19.1. The van der Waals surface area contributed by atoms with Gasteiger partial charge in [-0.15, -0.1) is 0 Å². The number of aliphatic carboxylic acids is 1. The minimum atomic E-state index is -1.36. The molecule has 2 unspecified atom stereocenters. The Morgan fingerprint density at radius 1 is 0.966 bits per heavy atom. The molecule has 15 heteroatoms. The lowest BCUT2D eigenvalue weighted by Crippen LogP contribution is -2.62. The highest BCUT2D eigenvalue weighted by molar-refractivity contribution is 5.93. The van der Waals surface area contributed by atoms with E-state index in [1.54, 1.807) is 40.7 Å². The molecule has 1 aromatic carbocycles. The summed E-state index contributed by atoms with van der Waals surface area (Å²) in [5, 5.41) is 37.4. The molecule has 326 valence electrons. The predicted molar refractivity (Wildman–Crippen MR) is 221 cm³/mol. The molecule has 0 spiro atoms. The van der Waals surface area contributed by atoms with Crippen molar-refractivity contribution in [3.05, 3.63) is 77.7 Å². The molecule has 14 nitrogen and oxygen atoms in total. The average Bonchev–Trinajstić information content (AvgIpc) is 3.14. The Hall–Kier alpha value is -5.15. The summed E-state index contributed by atoms with van der Waals surface area (Å²) in [5.41, 5.74) is 3.93. The van der Waals surface area contributed by atoms with Crippen molar-refractivity contribution < 1.29 is 53.2 Å². The number of phenolic OH excluding ortho intramolecular Hbond substituents is 1. The lowest BCUT2D eigenvalue weighted by Gasteiger charge is -2.35. The van der Waals surface area contributed by atoms with Crippen LogP contribution in [-0.4, -0.2) is 92.7 Å². The van der Waals surface area contributed by atoms with Crippen LogP contribution in [0.1, 0.15) is 99.0 Å². The number of hydrogen-bond acceptors (Lipinski definition) is 10. The van der Waals surface area contributed by atoms with E-state index in [2.05, 4.69) is 16.1 Å². The van der Waals surface area contributed by atoms with Crippen molar-refractivity contribution in [3.63, 3.8) is 0 Å². The van der Waals surface area contributed by atoms with E-state index in [1.165, 1.54) is 19.1 Å². The van der Waals surface area contributed by atoms with Crippen molar-refractivity contribution in [3.8, 4) is 5.75 Å². The van der Waals surface area contributed by atoms with Crippen molar-refractivity contribution >= 4 is 35.4 Å². The standard InChI is InChI=1S/C44H63FN4O10/c1-27(2)39(42(55)46-37(25-32-23-33(45)26-34(51)24-32)43(56)49-22-14-18-36(48-49)44(57)58)47-41(54)35(21-20-31(7)50)40(53)30(6)17-12-10-8-9-11-15-29(5)16-13-19-38(52)59-28(3)4/h8-10,12-13,16,19,23-24,26-28,30,35-37,39-40,48,51,53H,11,14-15,17-18,20-22,25H2,1-7H3,(H,46,55)(H,47,54)(H,57,58)/b9-8+,12-10+,19-13+,29-16+/t30-,35+,36?,37?,39-,40+/m0/s1. The maximum absolute atomic E-state index is 14.2. The molecule has 1 heterocycles. The number of amides is 3. The van der Waals surface area contributed by atoms with E-state index < -0.39 is 83.2 Å². The first-order valence-corrected chi connectivity index (χ1v) is 20.2. The largest absolute Gasteiger partial charge is 0.508 e. The van der Waals surface area contributed by atoms with Crippen LogP contribution in [0.25, 0.3) is 0 Å². The maximum atomic E-state index is 14.2. The summed E-state index contributed by atoms with van der Waals surface area (Å²) in [6.45, 7) is 12.2. The second kappa shape index (κ2) is 25.4. The quantitative estimate of drug-likeness (QED) is 0.0491. The molecule has 6 atom stereocenters. The summed E-state index contributed by atoms with van der Waals surface area (Å²) in [7, 11) is 0. The fourth-order valence-corrected chi connectivity index (χ4v) is 6.41. The van der Waals surface area contributed by atoms with E-state index in [1.807, 2.05) is 37.3 Å². The molecule has 0 bridgehead atoms. The van der Waals surface area contributed by atoms with Gasteiger partial charge in [0.1, 0.15) is 35.5 Å². The molecular weight excluding hydrogens is 763 g/mol. The highest BCUT2D eigenvalue weighted by Crippen LogP contribution is 2.23. The zero-order valence-electron chi connectivity index (χ0n) is 35.3. The Balaban J connectivity index is 2.16. The lowest BCUT2D eigenvalue weighted by atomic mass is 9.85. The van der Waals surface area contributed by atoms with Crippen molar-refractivity contribution in [1.29, 1.82) is 0 Å². The number of Topliss-reactive ketones (excluding diaryl/α,β-unsaturated/α-hetero) is 1. The Morgan fingerprint density at radius 3 is 2.29 bits per heavy atom. The van der Waals surface area contributed by atoms with Crippen molar-refractivity contribution in [2.75, 3.05) is 6.54 Å². The van der Waals surface area contributed by atoms with Gasteiger partial charge in [-0.05, 0) is 95.8 Å². The predicted octanol–water partition coefficient (Wildman–Crippen LogP) is 5.00. The monoisotopic (exact) mass is 826 g/mol. The van der Waals surface area contributed by atoms with E-state index in [4.69, 9.17) is 4.74 Å². The van der Waals surface area contributed by atoms with Crippen LogP contribution in [0.15, 0.2) is 66.3 Å². The molecular formula is C44H63FN4O10. The minimum absolute atomic E-state index is 0.0158. The van der Waals surface area contributed by atoms with Crippen molar-refractivity contribution in [2.45, 2.75) is 130 Å². The lowest BCUT2D eigenvalue weighted by molar-refractivity contribution is -0.149. The Morgan fingerprint density at radius 2 is 1.66 bits per heavy atom. The van der Waals surface area contributed by atoms with E-state index in [0.29, 0.717) is 12.8 Å². The summed E-state index contributed by atoms with van der Waals surface area (Å²) in [5.74, 6) is -6.98. The molecule has 1 aliphatic rings. The number of aromatic hydroxyl groups is 1. The van der Waals surface area contributed by atoms with Crippen LogP contribution in [0.3, 0.4) is 0 Å². The third-order valence-corrected chi connectivity index (χ3v) is 9.69. The van der Waals surface area contributed by atoms with Gasteiger partial charge in [0.05, 0.1) is 18.1 Å². The number of carbonyl (C=O) groups is 6. The minimum Gasteiger partial charge on any atom is -0.508 e. The number of nitrogens with one attached hydrogen (secondary N) is 3. The maximum Gasteiger partial charge on any atom is 0.330 e. The number of phenols is 1. The average molecular weight is 827 g/mol. The second-order valence-corrected chi connectivity index (χ2v) is 15.8. The molecule has 0 aromatic heterocycles. The van der Waals surface area contributed by atoms with Crippen LogP contribution < -0.4 is 16.1 Å². The zero-order valence-corrected chi connectivity index (χ0v) is 35.3. The first-order chi connectivity index (χ1) is 27.8. The normalized spacial score (nSPS) is 17.6. The van der Waals surface area contributed by atoms with E-state index >= 15 is 0 Å². The summed E-state index contributed by atoms with van der Waals surface area (Å²) >= 11 is 0.